The molecular weight excluding hydrogens is 455 g/mol. The predicted octanol–water partition coefficient (Wildman–Crippen LogP) is 3.06. The van der Waals surface area contributed by atoms with Gasteiger partial charge in [-0.2, -0.15) is 0 Å². The molecule has 27 heavy (non-hydrogen) atoms. The van der Waals surface area contributed by atoms with Crippen LogP contribution in [-0.4, -0.2) is 70.3 Å². The first-order valence-electron chi connectivity index (χ1n) is 9.42. The molecule has 0 spiro atoms. The van der Waals surface area contributed by atoms with E-state index in [1.165, 1.54) is 25.9 Å². The first-order valence-corrected chi connectivity index (χ1v) is 9.42. The highest BCUT2D eigenvalue weighted by molar-refractivity contribution is 14.0. The van der Waals surface area contributed by atoms with Crippen LogP contribution in [0.4, 0.5) is 0 Å². The molecule has 0 aromatic heterocycles. The van der Waals surface area contributed by atoms with Crippen molar-refractivity contribution in [2.75, 3.05) is 54.5 Å². The number of aliphatic imine (C=N–C) groups is 1. The molecule has 1 aliphatic heterocycles. The highest BCUT2D eigenvalue weighted by atomic mass is 127. The molecule has 2 rings (SSSR count). The van der Waals surface area contributed by atoms with Crippen LogP contribution in [0.3, 0.4) is 0 Å². The number of benzene rings is 1. The van der Waals surface area contributed by atoms with E-state index in [0.717, 1.165) is 36.1 Å². The van der Waals surface area contributed by atoms with Crippen LogP contribution in [0.5, 0.6) is 11.5 Å². The highest BCUT2D eigenvalue weighted by Gasteiger charge is 2.16. The molecule has 1 atom stereocenters. The van der Waals surface area contributed by atoms with Crippen LogP contribution in [0.1, 0.15) is 25.3 Å². The van der Waals surface area contributed by atoms with Gasteiger partial charge in [-0.15, -0.1) is 24.0 Å². The average molecular weight is 490 g/mol. The molecule has 1 aromatic carbocycles. The van der Waals surface area contributed by atoms with Crippen molar-refractivity contribution in [3.63, 3.8) is 0 Å². The zero-order chi connectivity index (χ0) is 18.9. The fourth-order valence-electron chi connectivity index (χ4n) is 3.43. The third-order valence-electron chi connectivity index (χ3n) is 4.85. The van der Waals surface area contributed by atoms with Crippen molar-refractivity contribution in [1.82, 2.24) is 15.1 Å². The Kier molecular flexibility index (Phi) is 10.8. The number of halogens is 1. The van der Waals surface area contributed by atoms with Crippen LogP contribution < -0.4 is 14.8 Å². The standard InChI is InChI=1S/C20H34N4O2.HI/c1-16(14-24-10-6-7-11-24)13-22-20(21-2)23(3)15-17-8-9-18(25-4)12-19(17)26-5;/h8-9,12,16H,6-7,10-11,13-15H2,1-5H3,(H,21,22);1H. The van der Waals surface area contributed by atoms with Crippen LogP contribution in [0.25, 0.3) is 0 Å². The number of guanidine groups is 1. The summed E-state index contributed by atoms with van der Waals surface area (Å²) in [4.78, 5) is 9.10. The Bertz CT molecular complexity index is 591. The van der Waals surface area contributed by atoms with E-state index in [9.17, 15) is 0 Å². The lowest BCUT2D eigenvalue weighted by atomic mass is 10.1. The summed E-state index contributed by atoms with van der Waals surface area (Å²) in [5.41, 5.74) is 1.10. The lowest BCUT2D eigenvalue weighted by Gasteiger charge is -2.26. The van der Waals surface area contributed by atoms with Gasteiger partial charge >= 0.3 is 0 Å². The number of methoxy groups -OCH3 is 2. The molecule has 1 heterocycles. The number of nitrogens with zero attached hydrogens (tertiary/aromatic N) is 3. The van der Waals surface area contributed by atoms with Gasteiger partial charge in [0.1, 0.15) is 11.5 Å². The van der Waals surface area contributed by atoms with Gasteiger partial charge in [-0.3, -0.25) is 4.99 Å². The Morgan fingerprint density at radius 1 is 1.26 bits per heavy atom. The molecule has 154 valence electrons. The Morgan fingerprint density at radius 2 is 1.96 bits per heavy atom. The smallest absolute Gasteiger partial charge is 0.193 e. The molecule has 0 radical (unpaired) electrons. The second kappa shape index (κ2) is 12.3. The Morgan fingerprint density at radius 3 is 2.56 bits per heavy atom. The number of hydrogen-bond donors (Lipinski definition) is 1. The monoisotopic (exact) mass is 490 g/mol. The van der Waals surface area contributed by atoms with Crippen molar-refractivity contribution in [2.45, 2.75) is 26.3 Å². The molecule has 0 saturated carbocycles. The number of likely N-dealkylation sites (tertiary alicyclic amines) is 1. The highest BCUT2D eigenvalue weighted by Crippen LogP contribution is 2.25. The summed E-state index contributed by atoms with van der Waals surface area (Å²) in [6.07, 6.45) is 2.68. The number of hydrogen-bond acceptors (Lipinski definition) is 4. The maximum atomic E-state index is 5.50. The van der Waals surface area contributed by atoms with Gasteiger partial charge in [0.05, 0.1) is 14.2 Å². The number of ether oxygens (including phenoxy) is 2. The maximum Gasteiger partial charge on any atom is 0.193 e. The average Bonchev–Trinajstić information content (AvgIpc) is 3.15. The van der Waals surface area contributed by atoms with Crippen LogP contribution in [0.2, 0.25) is 0 Å². The third kappa shape index (κ3) is 7.37. The molecule has 1 saturated heterocycles. The lowest BCUT2D eigenvalue weighted by Crippen LogP contribution is -2.42. The van der Waals surface area contributed by atoms with Gasteiger partial charge in [0.25, 0.3) is 0 Å². The molecule has 7 heteroatoms. The molecule has 6 nitrogen and oxygen atoms in total. The van der Waals surface area contributed by atoms with Gasteiger partial charge in [0.2, 0.25) is 0 Å². The molecular formula is C20H35IN4O2. The normalized spacial score (nSPS) is 15.8. The van der Waals surface area contributed by atoms with Crippen molar-refractivity contribution in [1.29, 1.82) is 0 Å². The van der Waals surface area contributed by atoms with Gasteiger partial charge in [0, 0.05) is 45.4 Å². The molecule has 1 aromatic rings. The number of nitrogens with one attached hydrogen (secondary N) is 1. The van der Waals surface area contributed by atoms with Crippen molar-refractivity contribution < 1.29 is 9.47 Å². The Labute approximate surface area is 181 Å². The third-order valence-corrected chi connectivity index (χ3v) is 4.85. The quantitative estimate of drug-likeness (QED) is 0.345. The minimum Gasteiger partial charge on any atom is -0.497 e. The second-order valence-corrected chi connectivity index (χ2v) is 7.07. The van der Waals surface area contributed by atoms with Crippen LogP contribution in [-0.2, 0) is 6.54 Å². The van der Waals surface area contributed by atoms with Crippen molar-refractivity contribution >= 4 is 29.9 Å². The first-order chi connectivity index (χ1) is 12.6. The van der Waals surface area contributed by atoms with E-state index >= 15 is 0 Å². The van der Waals surface area contributed by atoms with Crippen molar-refractivity contribution in [2.24, 2.45) is 10.9 Å². The van der Waals surface area contributed by atoms with E-state index in [-0.39, 0.29) is 24.0 Å². The molecule has 0 bridgehead atoms. The van der Waals surface area contributed by atoms with E-state index in [4.69, 9.17) is 9.47 Å². The van der Waals surface area contributed by atoms with Crippen molar-refractivity contribution in [3.05, 3.63) is 23.8 Å². The summed E-state index contributed by atoms with van der Waals surface area (Å²) >= 11 is 0. The van der Waals surface area contributed by atoms with E-state index in [1.807, 2.05) is 32.3 Å². The second-order valence-electron chi connectivity index (χ2n) is 7.07. The van der Waals surface area contributed by atoms with E-state index in [0.29, 0.717) is 12.5 Å². The lowest BCUT2D eigenvalue weighted by molar-refractivity contribution is 0.286. The minimum atomic E-state index is 0. The van der Waals surface area contributed by atoms with Gasteiger partial charge in [-0.1, -0.05) is 6.92 Å². The summed E-state index contributed by atoms with van der Waals surface area (Å²) < 4.78 is 10.8. The summed E-state index contributed by atoms with van der Waals surface area (Å²) in [5.74, 6) is 3.12. The molecule has 0 amide bonds. The van der Waals surface area contributed by atoms with E-state index in [2.05, 4.69) is 27.0 Å². The topological polar surface area (TPSA) is 49.3 Å². The largest absolute Gasteiger partial charge is 0.497 e. The minimum absolute atomic E-state index is 0. The summed E-state index contributed by atoms with van der Waals surface area (Å²) in [7, 11) is 7.22. The Hall–Kier alpha value is -1.22. The van der Waals surface area contributed by atoms with Gasteiger partial charge < -0.3 is 24.6 Å². The number of rotatable bonds is 8. The maximum absolute atomic E-state index is 5.50. The fraction of sp³-hybridized carbons (Fsp3) is 0.650. The van der Waals surface area contributed by atoms with Gasteiger partial charge in [0.15, 0.2) is 5.96 Å². The summed E-state index contributed by atoms with van der Waals surface area (Å²) in [6, 6.07) is 5.91. The van der Waals surface area contributed by atoms with Crippen molar-refractivity contribution in [3.8, 4) is 11.5 Å². The fourth-order valence-corrected chi connectivity index (χ4v) is 3.43. The zero-order valence-corrected chi connectivity index (χ0v) is 19.7. The van der Waals surface area contributed by atoms with Crippen LogP contribution in [0.15, 0.2) is 23.2 Å². The van der Waals surface area contributed by atoms with Crippen LogP contribution in [0, 0.1) is 5.92 Å². The Balaban J connectivity index is 0.00000364. The molecule has 1 unspecified atom stereocenters. The summed E-state index contributed by atoms with van der Waals surface area (Å²) in [6.45, 7) is 7.58. The zero-order valence-electron chi connectivity index (χ0n) is 17.3. The molecule has 0 aliphatic carbocycles. The predicted molar refractivity (Wildman–Crippen MR) is 123 cm³/mol. The SMILES string of the molecule is CN=C(NCC(C)CN1CCCC1)N(C)Cc1ccc(OC)cc1OC.I. The van der Waals surface area contributed by atoms with E-state index < -0.39 is 0 Å². The molecule has 1 N–H and O–H groups in total. The molecule has 1 aliphatic rings. The van der Waals surface area contributed by atoms with Gasteiger partial charge in [-0.25, -0.2) is 0 Å². The first kappa shape index (κ1) is 23.8. The molecule has 1 fully saturated rings. The summed E-state index contributed by atoms with van der Waals surface area (Å²) in [5, 5.41) is 3.51. The van der Waals surface area contributed by atoms with E-state index in [1.54, 1.807) is 14.2 Å². The van der Waals surface area contributed by atoms with Crippen LogP contribution >= 0.6 is 24.0 Å². The van der Waals surface area contributed by atoms with Gasteiger partial charge in [-0.05, 0) is 44.0 Å².